The molecule has 0 bridgehead atoms. The fraction of sp³-hybridized carbons (Fsp3) is 0.636. The lowest BCUT2D eigenvalue weighted by Gasteiger charge is -2.28. The second-order valence-corrected chi connectivity index (χ2v) is 4.20. The number of rotatable bonds is 3. The van der Waals surface area contributed by atoms with Crippen LogP contribution in [-0.4, -0.2) is 22.6 Å². The van der Waals surface area contributed by atoms with Crippen LogP contribution >= 0.6 is 0 Å². The lowest BCUT2D eigenvalue weighted by Crippen LogP contribution is -2.33. The Morgan fingerprint density at radius 2 is 2.13 bits per heavy atom. The minimum atomic E-state index is -1.14. The molecule has 0 aromatic heterocycles. The smallest absolute Gasteiger partial charge is 0.331 e. The maximum atomic E-state index is 11.3. The lowest BCUT2D eigenvalue weighted by molar-refractivity contribution is -0.155. The SMILES string of the molecule is CC1CCCC1(C)OC(=O)/C=C\C(=O)O. The number of carboxylic acid groups (broad SMARTS) is 1. The number of carbonyl (C=O) groups is 2. The van der Waals surface area contributed by atoms with Crippen molar-refractivity contribution in [3.8, 4) is 0 Å². The summed E-state index contributed by atoms with van der Waals surface area (Å²) in [6.07, 6.45) is 4.70. The average Bonchev–Trinajstić information content (AvgIpc) is 2.44. The summed E-state index contributed by atoms with van der Waals surface area (Å²) >= 11 is 0. The Morgan fingerprint density at radius 3 is 2.60 bits per heavy atom. The molecular weight excluding hydrogens is 196 g/mol. The van der Waals surface area contributed by atoms with Gasteiger partial charge in [-0.05, 0) is 32.1 Å². The van der Waals surface area contributed by atoms with Crippen molar-refractivity contribution in [3.63, 3.8) is 0 Å². The van der Waals surface area contributed by atoms with Crippen LogP contribution in [0.1, 0.15) is 33.1 Å². The molecule has 0 spiro atoms. The van der Waals surface area contributed by atoms with Gasteiger partial charge in [-0.25, -0.2) is 9.59 Å². The van der Waals surface area contributed by atoms with E-state index in [2.05, 4.69) is 0 Å². The third-order valence-electron chi connectivity index (χ3n) is 3.05. The minimum absolute atomic E-state index is 0.333. The van der Waals surface area contributed by atoms with E-state index >= 15 is 0 Å². The number of carboxylic acids is 1. The molecular formula is C11H16O4. The number of hydrogen-bond acceptors (Lipinski definition) is 3. The maximum absolute atomic E-state index is 11.3. The second-order valence-electron chi connectivity index (χ2n) is 4.20. The van der Waals surface area contributed by atoms with Gasteiger partial charge in [0.2, 0.25) is 0 Å². The standard InChI is InChI=1S/C11H16O4/c1-8-4-3-7-11(8,2)15-10(14)6-5-9(12)13/h5-6,8H,3-4,7H2,1-2H3,(H,12,13)/b6-5-. The highest BCUT2D eigenvalue weighted by atomic mass is 16.6. The minimum Gasteiger partial charge on any atom is -0.478 e. The van der Waals surface area contributed by atoms with Gasteiger partial charge in [0.1, 0.15) is 5.60 Å². The Balaban J connectivity index is 2.54. The van der Waals surface area contributed by atoms with Crippen LogP contribution in [0.4, 0.5) is 0 Å². The van der Waals surface area contributed by atoms with Crippen molar-refractivity contribution >= 4 is 11.9 Å². The van der Waals surface area contributed by atoms with Gasteiger partial charge in [0.25, 0.3) is 0 Å². The summed E-state index contributed by atoms with van der Waals surface area (Å²) in [4.78, 5) is 21.5. The Hall–Kier alpha value is -1.32. The van der Waals surface area contributed by atoms with E-state index in [1.807, 2.05) is 13.8 Å². The first-order chi connectivity index (χ1) is 6.94. The molecule has 1 aliphatic carbocycles. The molecule has 0 aromatic carbocycles. The third kappa shape index (κ3) is 3.08. The van der Waals surface area contributed by atoms with Gasteiger partial charge in [-0.15, -0.1) is 0 Å². The number of aliphatic carboxylic acids is 1. The molecule has 0 aromatic rings. The Bertz CT molecular complexity index is 295. The summed E-state index contributed by atoms with van der Waals surface area (Å²) in [7, 11) is 0. The molecule has 1 aliphatic rings. The van der Waals surface area contributed by atoms with E-state index in [4.69, 9.17) is 9.84 Å². The van der Waals surface area contributed by atoms with Crippen molar-refractivity contribution in [1.29, 1.82) is 0 Å². The molecule has 84 valence electrons. The highest BCUT2D eigenvalue weighted by molar-refractivity contribution is 5.90. The van der Waals surface area contributed by atoms with Gasteiger partial charge in [-0.2, -0.15) is 0 Å². The van der Waals surface area contributed by atoms with Crippen LogP contribution in [0.3, 0.4) is 0 Å². The van der Waals surface area contributed by atoms with Crippen molar-refractivity contribution in [3.05, 3.63) is 12.2 Å². The predicted molar refractivity (Wildman–Crippen MR) is 54.3 cm³/mol. The van der Waals surface area contributed by atoms with Crippen molar-refractivity contribution in [1.82, 2.24) is 0 Å². The summed E-state index contributed by atoms with van der Waals surface area (Å²) in [5, 5.41) is 8.34. The van der Waals surface area contributed by atoms with Crippen LogP contribution < -0.4 is 0 Å². The molecule has 1 rings (SSSR count). The maximum Gasteiger partial charge on any atom is 0.331 e. The molecule has 4 heteroatoms. The summed E-state index contributed by atoms with van der Waals surface area (Å²) in [6.45, 7) is 3.94. The van der Waals surface area contributed by atoms with Crippen LogP contribution in [0, 0.1) is 5.92 Å². The molecule has 4 nitrogen and oxygen atoms in total. The van der Waals surface area contributed by atoms with Gasteiger partial charge in [0, 0.05) is 12.2 Å². The van der Waals surface area contributed by atoms with E-state index in [1.54, 1.807) is 0 Å². The first-order valence-corrected chi connectivity index (χ1v) is 5.08. The molecule has 1 saturated carbocycles. The lowest BCUT2D eigenvalue weighted by atomic mass is 9.95. The molecule has 1 fully saturated rings. The van der Waals surface area contributed by atoms with Gasteiger partial charge in [-0.1, -0.05) is 6.92 Å². The highest BCUT2D eigenvalue weighted by Gasteiger charge is 2.38. The largest absolute Gasteiger partial charge is 0.478 e. The third-order valence-corrected chi connectivity index (χ3v) is 3.05. The molecule has 0 saturated heterocycles. The highest BCUT2D eigenvalue weighted by Crippen LogP contribution is 2.38. The van der Waals surface area contributed by atoms with Gasteiger partial charge >= 0.3 is 11.9 Å². The Kier molecular flexibility index (Phi) is 3.50. The van der Waals surface area contributed by atoms with Crippen molar-refractivity contribution in [2.75, 3.05) is 0 Å². The van der Waals surface area contributed by atoms with E-state index in [-0.39, 0.29) is 0 Å². The van der Waals surface area contributed by atoms with Crippen molar-refractivity contribution in [2.24, 2.45) is 5.92 Å². The van der Waals surface area contributed by atoms with E-state index in [0.29, 0.717) is 5.92 Å². The first kappa shape index (κ1) is 11.8. The topological polar surface area (TPSA) is 63.6 Å². The predicted octanol–water partition coefficient (Wildman–Crippen LogP) is 1.75. The Labute approximate surface area is 88.9 Å². The molecule has 1 N–H and O–H groups in total. The van der Waals surface area contributed by atoms with Gasteiger partial charge in [-0.3, -0.25) is 0 Å². The summed E-state index contributed by atoms with van der Waals surface area (Å²) < 4.78 is 5.27. The van der Waals surface area contributed by atoms with Gasteiger partial charge < -0.3 is 9.84 Å². The quantitative estimate of drug-likeness (QED) is 0.571. The van der Waals surface area contributed by atoms with Crippen LogP contribution in [0.25, 0.3) is 0 Å². The molecule has 0 radical (unpaired) electrons. The van der Waals surface area contributed by atoms with Crippen molar-refractivity contribution < 1.29 is 19.4 Å². The van der Waals surface area contributed by atoms with Crippen LogP contribution in [0.15, 0.2) is 12.2 Å². The van der Waals surface area contributed by atoms with E-state index in [1.165, 1.54) is 0 Å². The number of esters is 1. The number of ether oxygens (including phenoxy) is 1. The Morgan fingerprint density at radius 1 is 1.47 bits per heavy atom. The average molecular weight is 212 g/mol. The molecule has 2 atom stereocenters. The zero-order valence-electron chi connectivity index (χ0n) is 9.03. The molecule has 0 aliphatic heterocycles. The van der Waals surface area contributed by atoms with Gasteiger partial charge in [0.05, 0.1) is 0 Å². The normalized spacial score (nSPS) is 30.7. The molecule has 0 heterocycles. The van der Waals surface area contributed by atoms with E-state index < -0.39 is 17.5 Å². The van der Waals surface area contributed by atoms with Crippen molar-refractivity contribution in [2.45, 2.75) is 38.7 Å². The summed E-state index contributed by atoms with van der Waals surface area (Å²) in [6, 6.07) is 0. The van der Waals surface area contributed by atoms with Gasteiger partial charge in [0.15, 0.2) is 0 Å². The fourth-order valence-corrected chi connectivity index (χ4v) is 1.87. The van der Waals surface area contributed by atoms with Crippen LogP contribution in [0.2, 0.25) is 0 Å². The van der Waals surface area contributed by atoms with Crippen LogP contribution in [0.5, 0.6) is 0 Å². The summed E-state index contributed by atoms with van der Waals surface area (Å²) in [5.41, 5.74) is -0.431. The fourth-order valence-electron chi connectivity index (χ4n) is 1.87. The molecule has 0 amide bonds. The number of hydrogen-bond donors (Lipinski definition) is 1. The second kappa shape index (κ2) is 4.47. The number of carbonyl (C=O) groups excluding carboxylic acids is 1. The van der Waals surface area contributed by atoms with E-state index in [9.17, 15) is 9.59 Å². The zero-order valence-corrected chi connectivity index (χ0v) is 9.03. The summed E-state index contributed by atoms with van der Waals surface area (Å²) in [5.74, 6) is -1.38. The van der Waals surface area contributed by atoms with E-state index in [0.717, 1.165) is 31.4 Å². The monoisotopic (exact) mass is 212 g/mol. The molecule has 2 unspecified atom stereocenters. The molecule has 15 heavy (non-hydrogen) atoms. The first-order valence-electron chi connectivity index (χ1n) is 5.08. The zero-order chi connectivity index (χ0) is 11.5. The van der Waals surface area contributed by atoms with Crippen LogP contribution in [-0.2, 0) is 14.3 Å².